The van der Waals surface area contributed by atoms with Crippen LogP contribution in [-0.4, -0.2) is 46.6 Å². The number of hydrogen-bond acceptors (Lipinski definition) is 4. The van der Waals surface area contributed by atoms with Crippen LogP contribution >= 0.6 is 0 Å². The molecule has 0 radical (unpaired) electrons. The highest BCUT2D eigenvalue weighted by Crippen LogP contribution is 2.22. The quantitative estimate of drug-likeness (QED) is 0.821. The summed E-state index contributed by atoms with van der Waals surface area (Å²) in [5, 5.41) is 12.8. The van der Waals surface area contributed by atoms with E-state index in [9.17, 15) is 9.90 Å². The average molecular weight is 249 g/mol. The normalized spacial score (nSPS) is 23.2. The maximum absolute atomic E-state index is 12.3. The van der Waals surface area contributed by atoms with Crippen molar-refractivity contribution < 1.29 is 9.90 Å². The van der Waals surface area contributed by atoms with E-state index in [2.05, 4.69) is 10.3 Å². The van der Waals surface area contributed by atoms with Crippen LogP contribution in [0.25, 0.3) is 0 Å². The third-order valence-electron chi connectivity index (χ3n) is 3.20. The van der Waals surface area contributed by atoms with Gasteiger partial charge in [-0.3, -0.25) is 4.79 Å². The third-order valence-corrected chi connectivity index (χ3v) is 3.20. The molecule has 5 heteroatoms. The number of anilines is 1. The largest absolute Gasteiger partial charge is 0.388 e. The molecule has 1 aromatic rings. The zero-order valence-corrected chi connectivity index (χ0v) is 11.0. The van der Waals surface area contributed by atoms with E-state index in [1.54, 1.807) is 31.0 Å². The summed E-state index contributed by atoms with van der Waals surface area (Å²) < 4.78 is 0. The first-order valence-electron chi connectivity index (χ1n) is 6.09. The highest BCUT2D eigenvalue weighted by Gasteiger charge is 2.34. The molecule has 0 aromatic carbocycles. The lowest BCUT2D eigenvalue weighted by molar-refractivity contribution is 0.0572. The van der Waals surface area contributed by atoms with Crippen molar-refractivity contribution >= 4 is 11.7 Å². The van der Waals surface area contributed by atoms with Crippen molar-refractivity contribution in [2.45, 2.75) is 25.9 Å². The van der Waals surface area contributed by atoms with Crippen LogP contribution in [0.4, 0.5) is 5.82 Å². The Morgan fingerprint density at radius 2 is 2.28 bits per heavy atom. The van der Waals surface area contributed by atoms with Crippen LogP contribution in [0, 0.1) is 6.92 Å². The molecule has 1 saturated heterocycles. The van der Waals surface area contributed by atoms with Gasteiger partial charge in [0, 0.05) is 31.4 Å². The molecule has 18 heavy (non-hydrogen) atoms. The van der Waals surface area contributed by atoms with Gasteiger partial charge in [0.05, 0.1) is 5.60 Å². The van der Waals surface area contributed by atoms with E-state index < -0.39 is 5.60 Å². The van der Waals surface area contributed by atoms with Gasteiger partial charge in [-0.15, -0.1) is 0 Å². The standard InChI is InChI=1S/C13H19N3O2/c1-9-6-10(7-11(14-3)15-9)12(17)16-5-4-13(2,18)8-16/h6-7,18H,4-5,8H2,1-3H3,(H,14,15). The minimum atomic E-state index is -0.760. The smallest absolute Gasteiger partial charge is 0.254 e. The average Bonchev–Trinajstić information content (AvgIpc) is 2.67. The summed E-state index contributed by atoms with van der Waals surface area (Å²) in [6.07, 6.45) is 0.627. The van der Waals surface area contributed by atoms with Crippen LogP contribution in [0.3, 0.4) is 0 Å². The number of nitrogens with zero attached hydrogens (tertiary/aromatic N) is 2. The highest BCUT2D eigenvalue weighted by atomic mass is 16.3. The van der Waals surface area contributed by atoms with Gasteiger partial charge in [0.25, 0.3) is 5.91 Å². The van der Waals surface area contributed by atoms with Gasteiger partial charge < -0.3 is 15.3 Å². The molecule has 0 spiro atoms. The number of carbonyl (C=O) groups excluding carboxylic acids is 1. The number of carbonyl (C=O) groups is 1. The highest BCUT2D eigenvalue weighted by molar-refractivity contribution is 5.95. The van der Waals surface area contributed by atoms with Crippen molar-refractivity contribution in [2.24, 2.45) is 0 Å². The summed E-state index contributed by atoms with van der Waals surface area (Å²) in [5.74, 6) is 0.638. The topological polar surface area (TPSA) is 65.5 Å². The van der Waals surface area contributed by atoms with Crippen LogP contribution in [0.1, 0.15) is 29.4 Å². The van der Waals surface area contributed by atoms with E-state index in [1.807, 2.05) is 6.92 Å². The molecule has 0 aliphatic carbocycles. The molecule has 1 unspecified atom stereocenters. The molecule has 2 N–H and O–H groups in total. The molecular formula is C13H19N3O2. The lowest BCUT2D eigenvalue weighted by atomic mass is 10.1. The van der Waals surface area contributed by atoms with Gasteiger partial charge in [0.2, 0.25) is 0 Å². The number of β-amino-alcohol motifs (C(OH)–C–C–N with tert-alkyl or cyclic N) is 1. The number of likely N-dealkylation sites (tertiary alicyclic amines) is 1. The Bertz CT molecular complexity index is 471. The van der Waals surface area contributed by atoms with E-state index in [-0.39, 0.29) is 5.91 Å². The minimum absolute atomic E-state index is 0.0465. The van der Waals surface area contributed by atoms with Crippen LogP contribution in [-0.2, 0) is 0 Å². The molecule has 2 heterocycles. The molecule has 0 saturated carbocycles. The van der Waals surface area contributed by atoms with Crippen molar-refractivity contribution in [2.75, 3.05) is 25.5 Å². The number of rotatable bonds is 2. The second-order valence-electron chi connectivity index (χ2n) is 5.11. The Labute approximate surface area is 107 Å². The summed E-state index contributed by atoms with van der Waals surface area (Å²) in [7, 11) is 1.77. The maximum Gasteiger partial charge on any atom is 0.254 e. The second kappa shape index (κ2) is 4.57. The number of hydrogen-bond donors (Lipinski definition) is 2. The Balaban J connectivity index is 2.21. The molecule has 5 nitrogen and oxygen atoms in total. The molecule has 1 amide bonds. The minimum Gasteiger partial charge on any atom is -0.388 e. The molecule has 1 aliphatic rings. The Hall–Kier alpha value is -1.62. The fourth-order valence-electron chi connectivity index (χ4n) is 2.22. The number of aryl methyl sites for hydroxylation is 1. The first kappa shape index (κ1) is 12.8. The molecule has 1 aliphatic heterocycles. The third kappa shape index (κ3) is 2.61. The summed E-state index contributed by atoms with van der Waals surface area (Å²) in [4.78, 5) is 18.3. The Morgan fingerprint density at radius 1 is 1.56 bits per heavy atom. The number of pyridine rings is 1. The molecular weight excluding hydrogens is 230 g/mol. The number of aliphatic hydroxyl groups is 1. The predicted octanol–water partition coefficient (Wildman–Crippen LogP) is 1.03. The summed E-state index contributed by atoms with van der Waals surface area (Å²) in [5.41, 5.74) is 0.657. The zero-order chi connectivity index (χ0) is 13.3. The Kier molecular flexibility index (Phi) is 3.26. The number of nitrogens with one attached hydrogen (secondary N) is 1. The lowest BCUT2D eigenvalue weighted by Crippen LogP contribution is -2.34. The fraction of sp³-hybridized carbons (Fsp3) is 0.538. The van der Waals surface area contributed by atoms with Crippen molar-refractivity contribution in [3.05, 3.63) is 23.4 Å². The van der Waals surface area contributed by atoms with Gasteiger partial charge in [-0.2, -0.15) is 0 Å². The SMILES string of the molecule is CNc1cc(C(=O)N2CCC(C)(O)C2)cc(C)n1. The van der Waals surface area contributed by atoms with E-state index in [0.29, 0.717) is 30.9 Å². The summed E-state index contributed by atoms with van der Waals surface area (Å²) in [6.45, 7) is 4.61. The van der Waals surface area contributed by atoms with Gasteiger partial charge in [-0.1, -0.05) is 0 Å². The van der Waals surface area contributed by atoms with Crippen molar-refractivity contribution in [3.63, 3.8) is 0 Å². The van der Waals surface area contributed by atoms with Crippen LogP contribution in [0.15, 0.2) is 12.1 Å². The predicted molar refractivity (Wildman–Crippen MR) is 69.7 cm³/mol. The second-order valence-corrected chi connectivity index (χ2v) is 5.11. The van der Waals surface area contributed by atoms with Crippen LogP contribution in [0.5, 0.6) is 0 Å². The van der Waals surface area contributed by atoms with Crippen molar-refractivity contribution in [1.29, 1.82) is 0 Å². The molecule has 1 fully saturated rings. The molecule has 0 bridgehead atoms. The van der Waals surface area contributed by atoms with Crippen molar-refractivity contribution in [1.82, 2.24) is 9.88 Å². The summed E-state index contributed by atoms with van der Waals surface area (Å²) >= 11 is 0. The van der Waals surface area contributed by atoms with Gasteiger partial charge >= 0.3 is 0 Å². The number of aromatic nitrogens is 1. The summed E-state index contributed by atoms with van der Waals surface area (Å²) in [6, 6.07) is 3.51. The fourth-order valence-corrected chi connectivity index (χ4v) is 2.22. The monoisotopic (exact) mass is 249 g/mol. The lowest BCUT2D eigenvalue weighted by Gasteiger charge is -2.19. The van der Waals surface area contributed by atoms with E-state index in [4.69, 9.17) is 0 Å². The zero-order valence-electron chi connectivity index (χ0n) is 11.0. The van der Waals surface area contributed by atoms with E-state index >= 15 is 0 Å². The van der Waals surface area contributed by atoms with Gasteiger partial charge in [0.15, 0.2) is 0 Å². The Morgan fingerprint density at radius 3 is 2.83 bits per heavy atom. The first-order valence-corrected chi connectivity index (χ1v) is 6.09. The van der Waals surface area contributed by atoms with E-state index in [0.717, 1.165) is 5.69 Å². The first-order chi connectivity index (χ1) is 8.41. The molecule has 98 valence electrons. The van der Waals surface area contributed by atoms with Crippen LogP contribution < -0.4 is 5.32 Å². The molecule has 1 aromatic heterocycles. The molecule has 2 rings (SSSR count). The van der Waals surface area contributed by atoms with Crippen LogP contribution in [0.2, 0.25) is 0 Å². The maximum atomic E-state index is 12.3. The van der Waals surface area contributed by atoms with Crippen molar-refractivity contribution in [3.8, 4) is 0 Å². The number of amides is 1. The van der Waals surface area contributed by atoms with Gasteiger partial charge in [-0.25, -0.2) is 4.98 Å². The van der Waals surface area contributed by atoms with Gasteiger partial charge in [-0.05, 0) is 32.4 Å². The van der Waals surface area contributed by atoms with Gasteiger partial charge in [0.1, 0.15) is 5.82 Å². The molecule has 1 atom stereocenters. The van der Waals surface area contributed by atoms with E-state index in [1.165, 1.54) is 0 Å².